The zero-order valence-corrected chi connectivity index (χ0v) is 10.6. The van der Waals surface area contributed by atoms with Crippen LogP contribution in [0.4, 0.5) is 0 Å². The fraction of sp³-hybridized carbons (Fsp3) is 1.00. The number of rotatable bonds is 2. The van der Waals surface area contributed by atoms with E-state index in [4.69, 9.17) is 4.74 Å². The lowest BCUT2D eigenvalue weighted by molar-refractivity contribution is -0.129. The van der Waals surface area contributed by atoms with E-state index in [1.165, 1.54) is 0 Å². The number of hydrogen-bond acceptors (Lipinski definition) is 4. The fourth-order valence-corrected chi connectivity index (χ4v) is 2.97. The van der Waals surface area contributed by atoms with Crippen LogP contribution in [0.2, 0.25) is 0 Å². The van der Waals surface area contributed by atoms with Crippen LogP contribution in [0.15, 0.2) is 0 Å². The lowest BCUT2D eigenvalue weighted by Gasteiger charge is -2.42. The molecular weight excluding hydrogens is 204 g/mol. The Morgan fingerprint density at radius 2 is 2.25 bits per heavy atom. The number of ether oxygens (including phenoxy) is 1. The molecule has 0 aromatic heterocycles. The molecule has 0 spiro atoms. The van der Waals surface area contributed by atoms with Crippen molar-refractivity contribution in [1.82, 2.24) is 10.2 Å². The topological polar surface area (TPSA) is 44.7 Å². The summed E-state index contributed by atoms with van der Waals surface area (Å²) in [6, 6.07) is 0.441. The third kappa shape index (κ3) is 3.17. The number of nitrogens with zero attached hydrogens (tertiary/aromatic N) is 1. The van der Waals surface area contributed by atoms with Gasteiger partial charge in [-0.2, -0.15) is 0 Å². The maximum atomic E-state index is 9.48. The Bertz CT molecular complexity index is 245. The highest BCUT2D eigenvalue weighted by Crippen LogP contribution is 2.21. The molecule has 2 N–H and O–H groups in total. The molecule has 2 rings (SSSR count). The second kappa shape index (κ2) is 4.61. The minimum atomic E-state index is -0.156. The second-order valence-corrected chi connectivity index (χ2v) is 5.88. The Kier molecular flexibility index (Phi) is 3.54. The number of aliphatic hydroxyl groups is 1. The van der Waals surface area contributed by atoms with Gasteiger partial charge in [0.1, 0.15) is 0 Å². The van der Waals surface area contributed by atoms with E-state index in [1.54, 1.807) is 0 Å². The second-order valence-electron chi connectivity index (χ2n) is 5.88. The van der Waals surface area contributed by atoms with Crippen LogP contribution >= 0.6 is 0 Å². The molecule has 3 unspecified atom stereocenters. The standard InChI is InChI=1S/C12H24N2O2/c1-9-6-14(8-12(2,3)16-9)7-10-4-11(15)5-13-10/h9-11,13,15H,4-8H2,1-3H3. The van der Waals surface area contributed by atoms with Gasteiger partial charge in [-0.1, -0.05) is 0 Å². The first-order valence-electron chi connectivity index (χ1n) is 6.26. The van der Waals surface area contributed by atoms with Crippen LogP contribution in [0.3, 0.4) is 0 Å². The van der Waals surface area contributed by atoms with E-state index in [0.717, 1.165) is 32.6 Å². The van der Waals surface area contributed by atoms with E-state index in [2.05, 4.69) is 31.0 Å². The number of β-amino-alcohol motifs (C(OH)–C–C–N with tert-alkyl or cyclic N) is 1. The summed E-state index contributed by atoms with van der Waals surface area (Å²) in [5.41, 5.74) is -0.0467. The number of hydrogen-bond donors (Lipinski definition) is 2. The Morgan fingerprint density at radius 1 is 1.50 bits per heavy atom. The van der Waals surface area contributed by atoms with Gasteiger partial charge in [0.05, 0.1) is 17.8 Å². The molecule has 4 nitrogen and oxygen atoms in total. The summed E-state index contributed by atoms with van der Waals surface area (Å²) >= 11 is 0. The molecule has 94 valence electrons. The molecule has 4 heteroatoms. The molecule has 0 bridgehead atoms. The molecule has 16 heavy (non-hydrogen) atoms. The summed E-state index contributed by atoms with van der Waals surface area (Å²) in [7, 11) is 0. The van der Waals surface area contributed by atoms with Gasteiger partial charge in [0, 0.05) is 32.2 Å². The van der Waals surface area contributed by atoms with Crippen molar-refractivity contribution >= 4 is 0 Å². The van der Waals surface area contributed by atoms with Crippen molar-refractivity contribution < 1.29 is 9.84 Å². The van der Waals surface area contributed by atoms with Gasteiger partial charge in [0.15, 0.2) is 0 Å². The van der Waals surface area contributed by atoms with Gasteiger partial charge in [-0.15, -0.1) is 0 Å². The van der Waals surface area contributed by atoms with Crippen LogP contribution in [0, 0.1) is 0 Å². The lowest BCUT2D eigenvalue weighted by atomic mass is 10.0. The van der Waals surface area contributed by atoms with E-state index in [1.807, 2.05) is 0 Å². The number of nitrogens with one attached hydrogen (secondary N) is 1. The van der Waals surface area contributed by atoms with Gasteiger partial charge in [0.25, 0.3) is 0 Å². The molecular formula is C12H24N2O2. The van der Waals surface area contributed by atoms with Gasteiger partial charge in [-0.05, 0) is 27.2 Å². The minimum absolute atomic E-state index is 0.0467. The summed E-state index contributed by atoms with van der Waals surface area (Å²) in [5, 5.41) is 12.8. The van der Waals surface area contributed by atoms with Crippen LogP contribution in [-0.2, 0) is 4.74 Å². The summed E-state index contributed by atoms with van der Waals surface area (Å²) in [4.78, 5) is 2.45. The number of morpholine rings is 1. The van der Waals surface area contributed by atoms with E-state index in [9.17, 15) is 5.11 Å². The molecule has 0 saturated carbocycles. The van der Waals surface area contributed by atoms with E-state index < -0.39 is 0 Å². The maximum Gasteiger partial charge on any atom is 0.0757 e. The maximum absolute atomic E-state index is 9.48. The van der Waals surface area contributed by atoms with Crippen molar-refractivity contribution in [2.24, 2.45) is 0 Å². The summed E-state index contributed by atoms with van der Waals surface area (Å²) in [6.45, 7) is 10.2. The Hall–Kier alpha value is -0.160. The normalized spacial score (nSPS) is 40.1. The lowest BCUT2D eigenvalue weighted by Crippen LogP contribution is -2.54. The van der Waals surface area contributed by atoms with Crippen molar-refractivity contribution in [2.45, 2.75) is 51.0 Å². The minimum Gasteiger partial charge on any atom is -0.392 e. The average Bonchev–Trinajstić information content (AvgIpc) is 2.46. The molecule has 0 aromatic rings. The highest BCUT2D eigenvalue weighted by molar-refractivity contribution is 4.88. The monoisotopic (exact) mass is 228 g/mol. The quantitative estimate of drug-likeness (QED) is 0.709. The molecule has 0 amide bonds. The summed E-state index contributed by atoms with van der Waals surface area (Å²) in [6.07, 6.45) is 1.03. The fourth-order valence-electron chi connectivity index (χ4n) is 2.97. The van der Waals surface area contributed by atoms with E-state index in [-0.39, 0.29) is 11.7 Å². The van der Waals surface area contributed by atoms with Crippen LogP contribution in [0.5, 0.6) is 0 Å². The summed E-state index contributed by atoms with van der Waals surface area (Å²) in [5.74, 6) is 0. The molecule has 0 aliphatic carbocycles. The first kappa shape index (κ1) is 12.3. The van der Waals surface area contributed by atoms with Crippen LogP contribution < -0.4 is 5.32 Å². The van der Waals surface area contributed by atoms with Gasteiger partial charge in [0.2, 0.25) is 0 Å². The number of aliphatic hydroxyl groups excluding tert-OH is 1. The predicted octanol–water partition coefficient (Wildman–Crippen LogP) is 0.209. The first-order valence-corrected chi connectivity index (χ1v) is 6.26. The Morgan fingerprint density at radius 3 is 2.81 bits per heavy atom. The zero-order chi connectivity index (χ0) is 11.8. The van der Waals surface area contributed by atoms with Gasteiger partial charge >= 0.3 is 0 Å². The third-order valence-electron chi connectivity index (χ3n) is 3.32. The molecule has 2 heterocycles. The van der Waals surface area contributed by atoms with Crippen LogP contribution in [0.1, 0.15) is 27.2 Å². The predicted molar refractivity (Wildman–Crippen MR) is 63.5 cm³/mol. The molecule has 3 atom stereocenters. The van der Waals surface area contributed by atoms with Gasteiger partial charge in [-0.3, -0.25) is 4.90 Å². The largest absolute Gasteiger partial charge is 0.392 e. The average molecular weight is 228 g/mol. The van der Waals surface area contributed by atoms with Crippen molar-refractivity contribution in [1.29, 1.82) is 0 Å². The highest BCUT2D eigenvalue weighted by Gasteiger charge is 2.33. The van der Waals surface area contributed by atoms with E-state index >= 15 is 0 Å². The molecule has 0 radical (unpaired) electrons. The molecule has 2 fully saturated rings. The Labute approximate surface area is 98.0 Å². The molecule has 2 aliphatic heterocycles. The van der Waals surface area contributed by atoms with Crippen molar-refractivity contribution in [2.75, 3.05) is 26.2 Å². The van der Waals surface area contributed by atoms with Crippen molar-refractivity contribution in [3.63, 3.8) is 0 Å². The third-order valence-corrected chi connectivity index (χ3v) is 3.32. The first-order chi connectivity index (χ1) is 7.44. The smallest absolute Gasteiger partial charge is 0.0757 e. The Balaban J connectivity index is 1.85. The van der Waals surface area contributed by atoms with Gasteiger partial charge in [-0.25, -0.2) is 0 Å². The highest BCUT2D eigenvalue weighted by atomic mass is 16.5. The van der Waals surface area contributed by atoms with E-state index in [0.29, 0.717) is 12.1 Å². The van der Waals surface area contributed by atoms with Crippen LogP contribution in [-0.4, -0.2) is 60.0 Å². The molecule has 2 aliphatic rings. The van der Waals surface area contributed by atoms with Crippen molar-refractivity contribution in [3.8, 4) is 0 Å². The summed E-state index contributed by atoms with van der Waals surface area (Å²) < 4.78 is 5.88. The van der Waals surface area contributed by atoms with Crippen molar-refractivity contribution in [3.05, 3.63) is 0 Å². The molecule has 0 aromatic carbocycles. The zero-order valence-electron chi connectivity index (χ0n) is 10.6. The SMILES string of the molecule is CC1CN(CC2CC(O)CN2)CC(C)(C)O1. The van der Waals surface area contributed by atoms with Crippen LogP contribution in [0.25, 0.3) is 0 Å². The molecule has 2 saturated heterocycles. The van der Waals surface area contributed by atoms with Gasteiger partial charge < -0.3 is 15.2 Å².